The zero-order valence-electron chi connectivity index (χ0n) is 12.9. The van der Waals surface area contributed by atoms with Crippen LogP contribution < -0.4 is 14.8 Å². The summed E-state index contributed by atoms with van der Waals surface area (Å²) >= 11 is 6.54. The largest absolute Gasteiger partial charge is 0.493 e. The molecule has 1 N–H and O–H groups in total. The second-order valence-electron chi connectivity index (χ2n) is 6.34. The lowest BCUT2D eigenvalue weighted by Gasteiger charge is -2.30. The minimum Gasteiger partial charge on any atom is -0.493 e. The van der Waals surface area contributed by atoms with Crippen molar-refractivity contribution in [3.63, 3.8) is 0 Å². The minimum atomic E-state index is -0.125. The molecule has 2 fully saturated rings. The number of halogens is 1. The van der Waals surface area contributed by atoms with E-state index in [9.17, 15) is 0 Å². The summed E-state index contributed by atoms with van der Waals surface area (Å²) in [5.41, 5.74) is 0.937. The first-order valence-corrected chi connectivity index (χ1v) is 8.30. The summed E-state index contributed by atoms with van der Waals surface area (Å²) in [7, 11) is 1.69. The van der Waals surface area contributed by atoms with Gasteiger partial charge in [0.2, 0.25) is 0 Å². The fourth-order valence-corrected chi connectivity index (χ4v) is 3.97. The van der Waals surface area contributed by atoms with E-state index in [-0.39, 0.29) is 5.54 Å². The maximum Gasteiger partial charge on any atom is 0.168 e. The van der Waals surface area contributed by atoms with Crippen molar-refractivity contribution in [3.8, 4) is 11.5 Å². The Bertz CT molecular complexity index is 506. The van der Waals surface area contributed by atoms with Crippen molar-refractivity contribution in [3.05, 3.63) is 22.7 Å². The highest BCUT2D eigenvalue weighted by molar-refractivity contribution is 6.31. The third kappa shape index (κ3) is 2.86. The van der Waals surface area contributed by atoms with E-state index in [4.69, 9.17) is 21.1 Å². The van der Waals surface area contributed by atoms with Crippen molar-refractivity contribution in [2.24, 2.45) is 0 Å². The van der Waals surface area contributed by atoms with Crippen molar-refractivity contribution in [2.75, 3.05) is 13.7 Å². The summed E-state index contributed by atoms with van der Waals surface area (Å²) in [4.78, 5) is 0. The smallest absolute Gasteiger partial charge is 0.168 e. The molecule has 1 saturated carbocycles. The molecule has 0 bridgehead atoms. The van der Waals surface area contributed by atoms with Gasteiger partial charge in [0, 0.05) is 16.1 Å². The van der Waals surface area contributed by atoms with Crippen LogP contribution in [0.3, 0.4) is 0 Å². The van der Waals surface area contributed by atoms with Gasteiger partial charge in [-0.25, -0.2) is 0 Å². The van der Waals surface area contributed by atoms with E-state index >= 15 is 0 Å². The molecule has 2 aliphatic rings. The molecule has 21 heavy (non-hydrogen) atoms. The van der Waals surface area contributed by atoms with E-state index in [1.807, 2.05) is 12.1 Å². The first-order chi connectivity index (χ1) is 10.1. The van der Waals surface area contributed by atoms with Gasteiger partial charge >= 0.3 is 0 Å². The molecule has 4 heteroatoms. The molecule has 0 amide bonds. The molecule has 0 aromatic heterocycles. The molecule has 3 rings (SSSR count). The van der Waals surface area contributed by atoms with Crippen LogP contribution in [0.15, 0.2) is 12.1 Å². The highest BCUT2D eigenvalue weighted by Crippen LogP contribution is 2.46. The number of hydrogen-bond donors (Lipinski definition) is 1. The van der Waals surface area contributed by atoms with Crippen LogP contribution in [0, 0.1) is 0 Å². The van der Waals surface area contributed by atoms with Crippen LogP contribution in [0.4, 0.5) is 0 Å². The van der Waals surface area contributed by atoms with Gasteiger partial charge in [0.05, 0.1) is 13.2 Å². The van der Waals surface area contributed by atoms with Gasteiger partial charge < -0.3 is 14.8 Å². The van der Waals surface area contributed by atoms with Crippen molar-refractivity contribution in [1.82, 2.24) is 5.32 Å². The second kappa shape index (κ2) is 6.05. The second-order valence-corrected chi connectivity index (χ2v) is 6.75. The highest BCUT2D eigenvalue weighted by atomic mass is 35.5. The number of benzene rings is 1. The van der Waals surface area contributed by atoms with Gasteiger partial charge in [-0.2, -0.15) is 0 Å². The standard InChI is InChI=1S/C17H24ClNO2/c1-17(10-5-11-19-17)15-13(18)8-9-14(20-2)16(15)21-12-6-3-4-7-12/h8-9,12,19H,3-7,10-11H2,1-2H3. The summed E-state index contributed by atoms with van der Waals surface area (Å²) < 4.78 is 11.9. The molecule has 1 atom stereocenters. The van der Waals surface area contributed by atoms with Gasteiger partial charge in [-0.05, 0) is 64.1 Å². The molecule has 1 aliphatic carbocycles. The van der Waals surface area contributed by atoms with Gasteiger partial charge in [-0.1, -0.05) is 11.6 Å². The molecular formula is C17H24ClNO2. The van der Waals surface area contributed by atoms with Crippen LogP contribution in [0.5, 0.6) is 11.5 Å². The Kier molecular flexibility index (Phi) is 4.32. The summed E-state index contributed by atoms with van der Waals surface area (Å²) in [5.74, 6) is 1.63. The predicted molar refractivity (Wildman–Crippen MR) is 85.5 cm³/mol. The molecule has 116 valence electrons. The zero-order valence-corrected chi connectivity index (χ0v) is 13.6. The lowest BCUT2D eigenvalue weighted by molar-refractivity contribution is 0.194. The Balaban J connectivity index is 2.03. The molecule has 1 aromatic carbocycles. The van der Waals surface area contributed by atoms with Crippen LogP contribution in [0.25, 0.3) is 0 Å². The van der Waals surface area contributed by atoms with Gasteiger partial charge in [-0.3, -0.25) is 0 Å². The van der Waals surface area contributed by atoms with Crippen molar-refractivity contribution in [2.45, 2.75) is 57.1 Å². The van der Waals surface area contributed by atoms with E-state index in [1.165, 1.54) is 12.8 Å². The predicted octanol–water partition coefficient (Wildman–Crippen LogP) is 4.27. The molecule has 1 aliphatic heterocycles. The van der Waals surface area contributed by atoms with E-state index in [2.05, 4.69) is 12.2 Å². The monoisotopic (exact) mass is 309 g/mol. The lowest BCUT2D eigenvalue weighted by Crippen LogP contribution is -2.34. The van der Waals surface area contributed by atoms with Crippen LogP contribution in [0.2, 0.25) is 5.02 Å². The number of ether oxygens (including phenoxy) is 2. The fraction of sp³-hybridized carbons (Fsp3) is 0.647. The first kappa shape index (κ1) is 15.0. The molecule has 3 nitrogen and oxygen atoms in total. The third-order valence-electron chi connectivity index (χ3n) is 4.80. The Labute approximate surface area is 132 Å². The number of rotatable bonds is 4. The summed E-state index contributed by atoms with van der Waals surface area (Å²) in [5, 5.41) is 4.35. The van der Waals surface area contributed by atoms with Crippen LogP contribution in [-0.2, 0) is 5.54 Å². The Morgan fingerprint density at radius 2 is 2.00 bits per heavy atom. The zero-order chi connectivity index (χ0) is 14.9. The molecule has 1 unspecified atom stereocenters. The highest BCUT2D eigenvalue weighted by Gasteiger charge is 2.37. The topological polar surface area (TPSA) is 30.5 Å². The summed E-state index contributed by atoms with van der Waals surface area (Å²) in [6, 6.07) is 3.83. The Hall–Kier alpha value is -0.930. The normalized spacial score (nSPS) is 26.2. The lowest BCUT2D eigenvalue weighted by atomic mass is 9.89. The number of methoxy groups -OCH3 is 1. The van der Waals surface area contributed by atoms with E-state index in [0.717, 1.165) is 54.3 Å². The van der Waals surface area contributed by atoms with Gasteiger partial charge in [0.15, 0.2) is 11.5 Å². The first-order valence-electron chi connectivity index (χ1n) is 7.93. The SMILES string of the molecule is COc1ccc(Cl)c(C2(C)CCCN2)c1OC1CCCC1. The van der Waals surface area contributed by atoms with Crippen molar-refractivity contribution >= 4 is 11.6 Å². The van der Waals surface area contributed by atoms with Gasteiger partial charge in [0.1, 0.15) is 0 Å². The maximum absolute atomic E-state index is 6.54. The van der Waals surface area contributed by atoms with Gasteiger partial charge in [-0.15, -0.1) is 0 Å². The molecule has 1 saturated heterocycles. The number of hydrogen-bond acceptors (Lipinski definition) is 3. The van der Waals surface area contributed by atoms with Crippen LogP contribution in [-0.4, -0.2) is 19.8 Å². The maximum atomic E-state index is 6.54. The fourth-order valence-electron chi connectivity index (χ4n) is 3.61. The van der Waals surface area contributed by atoms with Crippen LogP contribution >= 0.6 is 11.6 Å². The Morgan fingerprint density at radius 3 is 2.62 bits per heavy atom. The van der Waals surface area contributed by atoms with Crippen molar-refractivity contribution in [1.29, 1.82) is 0 Å². The molecule has 1 heterocycles. The van der Waals surface area contributed by atoms with E-state index in [1.54, 1.807) is 7.11 Å². The number of nitrogens with one attached hydrogen (secondary N) is 1. The molecule has 0 radical (unpaired) electrons. The summed E-state index contributed by atoms with van der Waals surface area (Å²) in [6.45, 7) is 3.23. The molecular weight excluding hydrogens is 286 g/mol. The average molecular weight is 310 g/mol. The third-order valence-corrected chi connectivity index (χ3v) is 5.11. The van der Waals surface area contributed by atoms with Crippen molar-refractivity contribution < 1.29 is 9.47 Å². The molecule has 0 spiro atoms. The summed E-state index contributed by atoms with van der Waals surface area (Å²) in [6.07, 6.45) is 7.27. The van der Waals surface area contributed by atoms with Gasteiger partial charge in [0.25, 0.3) is 0 Å². The molecule has 1 aromatic rings. The minimum absolute atomic E-state index is 0.125. The van der Waals surface area contributed by atoms with E-state index in [0.29, 0.717) is 6.10 Å². The Morgan fingerprint density at radius 1 is 1.24 bits per heavy atom. The van der Waals surface area contributed by atoms with E-state index < -0.39 is 0 Å². The average Bonchev–Trinajstić information content (AvgIpc) is 3.11. The quantitative estimate of drug-likeness (QED) is 0.901. The van der Waals surface area contributed by atoms with Crippen LogP contribution in [0.1, 0.15) is 51.0 Å².